The molecule has 1 heterocycles. The highest BCUT2D eigenvalue weighted by Gasteiger charge is 2.26. The van der Waals surface area contributed by atoms with Gasteiger partial charge < -0.3 is 29.5 Å². The van der Waals surface area contributed by atoms with Crippen molar-refractivity contribution in [2.75, 3.05) is 20.3 Å². The van der Waals surface area contributed by atoms with E-state index in [-0.39, 0.29) is 18.4 Å². The van der Waals surface area contributed by atoms with Crippen molar-refractivity contribution in [3.8, 4) is 5.75 Å². The molecule has 39 heavy (non-hydrogen) atoms. The predicted molar refractivity (Wildman–Crippen MR) is 154 cm³/mol. The lowest BCUT2D eigenvalue weighted by Crippen LogP contribution is -2.45. The average molecular weight is 533 g/mol. The van der Waals surface area contributed by atoms with E-state index in [2.05, 4.69) is 30.0 Å². The van der Waals surface area contributed by atoms with Gasteiger partial charge in [0.2, 0.25) is 0 Å². The quantitative estimate of drug-likeness (QED) is 0.159. The third-order valence-electron chi connectivity index (χ3n) is 6.28. The van der Waals surface area contributed by atoms with Crippen LogP contribution in [0.25, 0.3) is 5.70 Å². The van der Waals surface area contributed by atoms with Gasteiger partial charge >= 0.3 is 5.97 Å². The van der Waals surface area contributed by atoms with E-state index in [1.165, 1.54) is 0 Å². The maximum absolute atomic E-state index is 12.3. The van der Waals surface area contributed by atoms with Crippen molar-refractivity contribution in [3.05, 3.63) is 108 Å². The standard InChI is InChI=1S/C31H40N4O4/c1-4-10-29(34(19-18-31(36)38-5-2)22-27-13-9-20-39-27)30(21-24-11-7-6-8-12-24)35(33)23-28(32)25-14-16-26(37-3)17-15-25/h6-17,20,23,30H,4-5,18-19,21-22,32-33H2,1-3H3/b28-23-,29-10-. The summed E-state index contributed by atoms with van der Waals surface area (Å²) in [7, 11) is 1.63. The molecule has 0 fully saturated rings. The molecule has 1 unspecified atom stereocenters. The molecular weight excluding hydrogens is 492 g/mol. The molecule has 208 valence electrons. The second kappa shape index (κ2) is 15.3. The van der Waals surface area contributed by atoms with Crippen molar-refractivity contribution in [2.45, 2.75) is 45.7 Å². The molecule has 2 aromatic carbocycles. The molecule has 0 saturated heterocycles. The monoisotopic (exact) mass is 532 g/mol. The average Bonchev–Trinajstić information content (AvgIpc) is 3.47. The minimum atomic E-state index is -0.277. The van der Waals surface area contributed by atoms with Crippen LogP contribution in [0.1, 0.15) is 43.6 Å². The van der Waals surface area contributed by atoms with E-state index in [0.29, 0.717) is 31.8 Å². The van der Waals surface area contributed by atoms with Gasteiger partial charge in [0.1, 0.15) is 11.5 Å². The Hall–Kier alpha value is -4.17. The molecule has 8 nitrogen and oxygen atoms in total. The van der Waals surface area contributed by atoms with Gasteiger partial charge in [-0.3, -0.25) is 4.79 Å². The Kier molecular flexibility index (Phi) is 11.5. The first kappa shape index (κ1) is 29.4. The number of nitrogens with two attached hydrogens (primary N) is 2. The number of rotatable bonds is 15. The second-order valence-corrected chi connectivity index (χ2v) is 9.06. The summed E-state index contributed by atoms with van der Waals surface area (Å²) in [6, 6.07) is 21.2. The Morgan fingerprint density at radius 3 is 2.41 bits per heavy atom. The Bertz CT molecular complexity index is 1190. The van der Waals surface area contributed by atoms with Gasteiger partial charge in [-0.15, -0.1) is 0 Å². The maximum atomic E-state index is 12.3. The van der Waals surface area contributed by atoms with Crippen LogP contribution in [0.2, 0.25) is 0 Å². The summed E-state index contributed by atoms with van der Waals surface area (Å²) in [5.74, 6) is 8.07. The number of methoxy groups -OCH3 is 1. The smallest absolute Gasteiger partial charge is 0.307 e. The number of hydrazine groups is 1. The number of benzene rings is 2. The molecule has 3 rings (SSSR count). The Balaban J connectivity index is 1.98. The molecule has 0 bridgehead atoms. The second-order valence-electron chi connectivity index (χ2n) is 9.06. The summed E-state index contributed by atoms with van der Waals surface area (Å²) in [5.41, 5.74) is 9.96. The van der Waals surface area contributed by atoms with Gasteiger partial charge in [0.25, 0.3) is 0 Å². The molecule has 0 saturated carbocycles. The summed E-state index contributed by atoms with van der Waals surface area (Å²) in [5, 5.41) is 1.66. The van der Waals surface area contributed by atoms with Crippen molar-refractivity contribution in [1.29, 1.82) is 0 Å². The summed E-state index contributed by atoms with van der Waals surface area (Å²) in [6.45, 7) is 5.16. The number of esters is 1. The Morgan fingerprint density at radius 2 is 1.79 bits per heavy atom. The van der Waals surface area contributed by atoms with Crippen LogP contribution in [0.15, 0.2) is 95.4 Å². The first-order valence-corrected chi connectivity index (χ1v) is 13.3. The van der Waals surface area contributed by atoms with E-state index in [1.54, 1.807) is 24.6 Å². The van der Waals surface area contributed by atoms with E-state index in [9.17, 15) is 4.79 Å². The minimum Gasteiger partial charge on any atom is -0.497 e. The van der Waals surface area contributed by atoms with Crippen LogP contribution in [-0.2, 0) is 22.5 Å². The lowest BCUT2D eigenvalue weighted by Gasteiger charge is -2.36. The molecule has 3 aromatic rings. The fourth-order valence-electron chi connectivity index (χ4n) is 4.34. The van der Waals surface area contributed by atoms with E-state index in [1.807, 2.05) is 61.5 Å². The highest BCUT2D eigenvalue weighted by Crippen LogP contribution is 2.24. The lowest BCUT2D eigenvalue weighted by atomic mass is 10.00. The van der Waals surface area contributed by atoms with Gasteiger partial charge in [0.05, 0.1) is 44.7 Å². The Morgan fingerprint density at radius 1 is 1.05 bits per heavy atom. The number of carbonyl (C=O) groups excluding carboxylic acids is 1. The van der Waals surface area contributed by atoms with Crippen LogP contribution >= 0.6 is 0 Å². The van der Waals surface area contributed by atoms with E-state index in [0.717, 1.165) is 34.8 Å². The van der Waals surface area contributed by atoms with Crippen molar-refractivity contribution >= 4 is 11.7 Å². The molecule has 0 aliphatic carbocycles. The van der Waals surface area contributed by atoms with Crippen LogP contribution in [0, 0.1) is 0 Å². The molecule has 0 radical (unpaired) electrons. The van der Waals surface area contributed by atoms with Crippen molar-refractivity contribution < 1.29 is 18.7 Å². The van der Waals surface area contributed by atoms with Gasteiger partial charge in [0.15, 0.2) is 0 Å². The fourth-order valence-corrected chi connectivity index (χ4v) is 4.34. The summed E-state index contributed by atoms with van der Waals surface area (Å²) < 4.78 is 16.2. The van der Waals surface area contributed by atoms with Crippen molar-refractivity contribution in [1.82, 2.24) is 9.91 Å². The van der Waals surface area contributed by atoms with Crippen LogP contribution in [0.4, 0.5) is 0 Å². The first-order valence-electron chi connectivity index (χ1n) is 13.3. The zero-order valence-electron chi connectivity index (χ0n) is 23.1. The summed E-state index contributed by atoms with van der Waals surface area (Å²) in [4.78, 5) is 14.5. The number of nitrogens with zero attached hydrogens (tertiary/aromatic N) is 2. The van der Waals surface area contributed by atoms with Crippen LogP contribution in [0.3, 0.4) is 0 Å². The fraction of sp³-hybridized carbons (Fsp3) is 0.323. The molecule has 0 spiro atoms. The molecule has 0 amide bonds. The van der Waals surface area contributed by atoms with E-state index in [4.69, 9.17) is 25.5 Å². The molecule has 0 aliphatic heterocycles. The minimum absolute atomic E-state index is 0.238. The molecule has 1 aromatic heterocycles. The van der Waals surface area contributed by atoms with Gasteiger partial charge in [-0.05, 0) is 67.3 Å². The number of hydrogen-bond donors (Lipinski definition) is 2. The number of furan rings is 1. The third-order valence-corrected chi connectivity index (χ3v) is 6.28. The van der Waals surface area contributed by atoms with Crippen LogP contribution < -0.4 is 16.3 Å². The van der Waals surface area contributed by atoms with Gasteiger partial charge in [-0.1, -0.05) is 43.3 Å². The first-order chi connectivity index (χ1) is 18.9. The third kappa shape index (κ3) is 8.97. The zero-order chi connectivity index (χ0) is 28.0. The number of carbonyl (C=O) groups is 1. The lowest BCUT2D eigenvalue weighted by molar-refractivity contribution is -0.143. The van der Waals surface area contributed by atoms with Gasteiger partial charge in [0, 0.05) is 18.4 Å². The highest BCUT2D eigenvalue weighted by molar-refractivity contribution is 5.69. The number of hydrogen-bond acceptors (Lipinski definition) is 8. The largest absolute Gasteiger partial charge is 0.497 e. The molecule has 4 N–H and O–H groups in total. The summed E-state index contributed by atoms with van der Waals surface area (Å²) >= 11 is 0. The highest BCUT2D eigenvalue weighted by atomic mass is 16.5. The molecule has 1 atom stereocenters. The van der Waals surface area contributed by atoms with Crippen LogP contribution in [-0.4, -0.2) is 42.2 Å². The van der Waals surface area contributed by atoms with Gasteiger partial charge in [-0.25, -0.2) is 5.84 Å². The van der Waals surface area contributed by atoms with Gasteiger partial charge in [-0.2, -0.15) is 0 Å². The predicted octanol–water partition coefficient (Wildman–Crippen LogP) is 5.08. The molecule has 0 aliphatic rings. The summed E-state index contributed by atoms with van der Waals surface area (Å²) in [6.07, 6.45) is 7.21. The number of ether oxygens (including phenoxy) is 2. The maximum Gasteiger partial charge on any atom is 0.307 e. The van der Waals surface area contributed by atoms with E-state index >= 15 is 0 Å². The topological polar surface area (TPSA) is 107 Å². The van der Waals surface area contributed by atoms with E-state index < -0.39 is 0 Å². The zero-order valence-corrected chi connectivity index (χ0v) is 23.1. The Labute approximate surface area is 231 Å². The SMILES string of the molecule is CC/C=C(/C(Cc1ccccc1)N(N)/C=C(\N)c1ccc(OC)cc1)N(CCC(=O)OCC)Cc1ccco1. The van der Waals surface area contributed by atoms with Crippen molar-refractivity contribution in [3.63, 3.8) is 0 Å². The molecular formula is C31H40N4O4. The number of allylic oxidation sites excluding steroid dienone is 1. The van der Waals surface area contributed by atoms with Crippen molar-refractivity contribution in [2.24, 2.45) is 11.6 Å². The normalized spacial score (nSPS) is 12.6. The molecule has 8 heteroatoms. The van der Waals surface area contributed by atoms with Crippen LogP contribution in [0.5, 0.6) is 5.75 Å².